The summed E-state index contributed by atoms with van der Waals surface area (Å²) >= 11 is 0. The van der Waals surface area contributed by atoms with E-state index in [1.165, 1.54) is 0 Å². The van der Waals surface area contributed by atoms with Crippen LogP contribution in [0.3, 0.4) is 0 Å². The molecule has 0 saturated heterocycles. The van der Waals surface area contributed by atoms with Crippen LogP contribution in [0, 0.1) is 5.92 Å². The lowest BCUT2D eigenvalue weighted by atomic mass is 10.2. The Morgan fingerprint density at radius 1 is 1.50 bits per heavy atom. The minimum atomic E-state index is -0.00241. The van der Waals surface area contributed by atoms with Gasteiger partial charge in [0, 0.05) is 6.54 Å². The average Bonchev–Trinajstić information content (AvgIpc) is 2.00. The molecule has 72 valence electrons. The van der Waals surface area contributed by atoms with Gasteiger partial charge < -0.3 is 10.9 Å². The lowest BCUT2D eigenvalue weighted by Gasteiger charge is -2.24. The summed E-state index contributed by atoms with van der Waals surface area (Å²) in [6.07, 6.45) is 0. The quantitative estimate of drug-likeness (QED) is 0.285. The molecule has 0 aromatic rings. The van der Waals surface area contributed by atoms with E-state index in [1.807, 2.05) is 14.0 Å². The van der Waals surface area contributed by atoms with Crippen molar-refractivity contribution < 1.29 is 5.21 Å². The van der Waals surface area contributed by atoms with E-state index in [4.69, 9.17) is 10.9 Å². The van der Waals surface area contributed by atoms with E-state index in [0.717, 1.165) is 6.54 Å². The van der Waals surface area contributed by atoms with Crippen molar-refractivity contribution in [2.24, 2.45) is 16.8 Å². The maximum absolute atomic E-state index is 8.42. The van der Waals surface area contributed by atoms with E-state index in [-0.39, 0.29) is 11.9 Å². The fraction of sp³-hybridized carbons (Fsp3) is 0.875. The van der Waals surface area contributed by atoms with E-state index in [2.05, 4.69) is 23.9 Å². The number of hydrogen-bond acceptors (Lipinski definition) is 3. The summed E-state index contributed by atoms with van der Waals surface area (Å²) in [6, 6.07) is -0.00241. The normalized spacial score (nSPS) is 15.7. The number of amidine groups is 1. The van der Waals surface area contributed by atoms with Gasteiger partial charge in [-0.3, -0.25) is 4.90 Å². The fourth-order valence-electron chi connectivity index (χ4n) is 1.04. The van der Waals surface area contributed by atoms with Gasteiger partial charge in [0.2, 0.25) is 0 Å². The summed E-state index contributed by atoms with van der Waals surface area (Å²) in [5.41, 5.74) is 5.45. The first-order valence-electron chi connectivity index (χ1n) is 4.16. The molecular weight excluding hydrogens is 154 g/mol. The van der Waals surface area contributed by atoms with Gasteiger partial charge in [0.15, 0.2) is 5.84 Å². The molecule has 0 amide bonds. The van der Waals surface area contributed by atoms with Crippen molar-refractivity contribution in [2.75, 3.05) is 13.6 Å². The Morgan fingerprint density at radius 2 is 2.00 bits per heavy atom. The van der Waals surface area contributed by atoms with Crippen molar-refractivity contribution in [1.29, 1.82) is 0 Å². The Kier molecular flexibility index (Phi) is 4.66. The van der Waals surface area contributed by atoms with Crippen molar-refractivity contribution in [3.63, 3.8) is 0 Å². The molecule has 0 saturated carbocycles. The van der Waals surface area contributed by atoms with Gasteiger partial charge >= 0.3 is 0 Å². The first-order valence-corrected chi connectivity index (χ1v) is 4.16. The molecule has 4 heteroatoms. The van der Waals surface area contributed by atoms with Crippen molar-refractivity contribution in [3.05, 3.63) is 0 Å². The Hall–Kier alpha value is -0.770. The van der Waals surface area contributed by atoms with Crippen LogP contribution >= 0.6 is 0 Å². The third-order valence-electron chi connectivity index (χ3n) is 1.86. The van der Waals surface area contributed by atoms with Crippen LogP contribution in [0.1, 0.15) is 20.8 Å². The molecule has 0 heterocycles. The third-order valence-corrected chi connectivity index (χ3v) is 1.86. The van der Waals surface area contributed by atoms with Crippen molar-refractivity contribution in [2.45, 2.75) is 26.8 Å². The topological polar surface area (TPSA) is 61.8 Å². The molecule has 0 aromatic heterocycles. The molecule has 1 atom stereocenters. The average molecular weight is 173 g/mol. The molecule has 4 nitrogen and oxygen atoms in total. The SMILES string of the molecule is CC(C)CN(C)C(C)C(N)=NO. The number of nitrogens with two attached hydrogens (primary N) is 1. The molecule has 0 aromatic carbocycles. The fourth-order valence-corrected chi connectivity index (χ4v) is 1.04. The molecule has 1 unspecified atom stereocenters. The van der Waals surface area contributed by atoms with E-state index in [1.54, 1.807) is 0 Å². The van der Waals surface area contributed by atoms with Gasteiger partial charge in [-0.05, 0) is 19.9 Å². The van der Waals surface area contributed by atoms with Crippen LogP contribution in [0.15, 0.2) is 5.16 Å². The molecule has 0 aliphatic carbocycles. The Bertz CT molecular complexity index is 156. The van der Waals surface area contributed by atoms with Gasteiger partial charge in [-0.15, -0.1) is 0 Å². The molecule has 0 fully saturated rings. The van der Waals surface area contributed by atoms with Crippen LogP contribution in [0.25, 0.3) is 0 Å². The largest absolute Gasteiger partial charge is 0.409 e. The van der Waals surface area contributed by atoms with Gasteiger partial charge in [0.25, 0.3) is 0 Å². The third kappa shape index (κ3) is 3.57. The van der Waals surface area contributed by atoms with Gasteiger partial charge in [0.1, 0.15) is 0 Å². The van der Waals surface area contributed by atoms with E-state index in [0.29, 0.717) is 5.92 Å². The highest BCUT2D eigenvalue weighted by molar-refractivity contribution is 5.84. The summed E-state index contributed by atoms with van der Waals surface area (Å²) in [5.74, 6) is 0.849. The van der Waals surface area contributed by atoms with Crippen molar-refractivity contribution >= 4 is 5.84 Å². The summed E-state index contributed by atoms with van der Waals surface area (Å²) < 4.78 is 0. The maximum Gasteiger partial charge on any atom is 0.156 e. The first-order chi connectivity index (χ1) is 5.49. The molecule has 0 radical (unpaired) electrons. The second-order valence-electron chi connectivity index (χ2n) is 3.53. The lowest BCUT2D eigenvalue weighted by Crippen LogP contribution is -2.42. The highest BCUT2D eigenvalue weighted by Crippen LogP contribution is 2.01. The molecule has 12 heavy (non-hydrogen) atoms. The zero-order chi connectivity index (χ0) is 9.72. The molecule has 0 spiro atoms. The minimum absolute atomic E-state index is 0.00241. The molecule has 0 aliphatic rings. The number of oxime groups is 1. The van der Waals surface area contributed by atoms with Gasteiger partial charge in [0.05, 0.1) is 6.04 Å². The van der Waals surface area contributed by atoms with Crippen molar-refractivity contribution in [1.82, 2.24) is 4.90 Å². The summed E-state index contributed by atoms with van der Waals surface area (Å²) in [4.78, 5) is 2.06. The van der Waals surface area contributed by atoms with Gasteiger partial charge in [-0.25, -0.2) is 0 Å². The van der Waals surface area contributed by atoms with E-state index >= 15 is 0 Å². The second kappa shape index (κ2) is 4.98. The Balaban J connectivity index is 4.01. The van der Waals surface area contributed by atoms with E-state index in [9.17, 15) is 0 Å². The monoisotopic (exact) mass is 173 g/mol. The van der Waals surface area contributed by atoms with Crippen LogP contribution in [0.4, 0.5) is 0 Å². The van der Waals surface area contributed by atoms with Crippen LogP contribution in [0.5, 0.6) is 0 Å². The number of hydrogen-bond donors (Lipinski definition) is 2. The highest BCUT2D eigenvalue weighted by Gasteiger charge is 2.13. The summed E-state index contributed by atoms with van der Waals surface area (Å²) in [7, 11) is 1.96. The highest BCUT2D eigenvalue weighted by atomic mass is 16.4. The Morgan fingerprint density at radius 3 is 2.33 bits per heavy atom. The van der Waals surface area contributed by atoms with Crippen LogP contribution in [0.2, 0.25) is 0 Å². The molecule has 0 rings (SSSR count). The predicted octanol–water partition coefficient (Wildman–Crippen LogP) is 0.709. The molecular formula is C8H19N3O. The number of rotatable bonds is 4. The Labute approximate surface area is 74.0 Å². The number of nitrogens with zero attached hydrogens (tertiary/aromatic N) is 2. The molecule has 0 aliphatic heterocycles. The zero-order valence-electron chi connectivity index (χ0n) is 8.28. The summed E-state index contributed by atoms with van der Waals surface area (Å²) in [6.45, 7) is 7.12. The van der Waals surface area contributed by atoms with Crippen LogP contribution in [-0.4, -0.2) is 35.6 Å². The minimum Gasteiger partial charge on any atom is -0.409 e. The van der Waals surface area contributed by atoms with Crippen LogP contribution in [-0.2, 0) is 0 Å². The van der Waals surface area contributed by atoms with Gasteiger partial charge in [-0.1, -0.05) is 19.0 Å². The maximum atomic E-state index is 8.42. The first kappa shape index (κ1) is 11.2. The standard InChI is InChI=1S/C8H19N3O/c1-6(2)5-11(4)7(3)8(9)10-12/h6-7,12H,5H2,1-4H3,(H2,9,10). The molecule has 0 bridgehead atoms. The van der Waals surface area contributed by atoms with E-state index < -0.39 is 0 Å². The molecule has 3 N–H and O–H groups in total. The number of likely N-dealkylation sites (N-methyl/N-ethyl adjacent to an activating group) is 1. The van der Waals surface area contributed by atoms with Crippen LogP contribution < -0.4 is 5.73 Å². The zero-order valence-corrected chi connectivity index (χ0v) is 8.28. The lowest BCUT2D eigenvalue weighted by molar-refractivity contribution is 0.262. The smallest absolute Gasteiger partial charge is 0.156 e. The second-order valence-corrected chi connectivity index (χ2v) is 3.53. The summed E-state index contributed by atoms with van der Waals surface area (Å²) in [5, 5.41) is 11.4. The van der Waals surface area contributed by atoms with Crippen molar-refractivity contribution in [3.8, 4) is 0 Å². The predicted molar refractivity (Wildman–Crippen MR) is 50.3 cm³/mol. The van der Waals surface area contributed by atoms with Gasteiger partial charge in [-0.2, -0.15) is 0 Å².